The van der Waals surface area contributed by atoms with Crippen molar-refractivity contribution in [1.82, 2.24) is 0 Å². The Morgan fingerprint density at radius 3 is 2.00 bits per heavy atom. The summed E-state index contributed by atoms with van der Waals surface area (Å²) in [4.78, 5) is 39.8. The lowest BCUT2D eigenvalue weighted by atomic mass is 9.81. The van der Waals surface area contributed by atoms with Crippen molar-refractivity contribution in [1.29, 1.82) is 5.26 Å². The number of ether oxygens (including phenoxy) is 3. The SMILES string of the molecule is COC(=O)C1=C(C(=O)OC)N(c2ccc(C(=O)OC(C)(C)C)cc2)C(N)=C(C#N)C1c1ccccc1. The lowest BCUT2D eigenvalue weighted by molar-refractivity contribution is -0.139. The van der Waals surface area contributed by atoms with Crippen molar-refractivity contribution in [3.8, 4) is 6.07 Å². The lowest BCUT2D eigenvalue weighted by Gasteiger charge is -2.35. The molecule has 36 heavy (non-hydrogen) atoms. The molecular weight excluding hydrogens is 462 g/mol. The van der Waals surface area contributed by atoms with Gasteiger partial charge in [-0.05, 0) is 50.6 Å². The maximum absolute atomic E-state index is 13.1. The predicted molar refractivity (Wildman–Crippen MR) is 131 cm³/mol. The van der Waals surface area contributed by atoms with Crippen LogP contribution in [0.25, 0.3) is 0 Å². The van der Waals surface area contributed by atoms with E-state index in [1.54, 1.807) is 51.1 Å². The molecule has 1 aliphatic heterocycles. The summed E-state index contributed by atoms with van der Waals surface area (Å²) >= 11 is 0. The van der Waals surface area contributed by atoms with E-state index in [1.807, 2.05) is 0 Å². The molecule has 2 aromatic carbocycles. The molecule has 2 N–H and O–H groups in total. The Hall–Kier alpha value is -4.58. The third-order valence-corrected chi connectivity index (χ3v) is 5.37. The fourth-order valence-corrected chi connectivity index (χ4v) is 3.87. The topological polar surface area (TPSA) is 132 Å². The average molecular weight is 490 g/mol. The number of carbonyl (C=O) groups is 3. The number of esters is 3. The number of allylic oxidation sites excluding steroid dienone is 1. The van der Waals surface area contributed by atoms with Crippen LogP contribution in [0.3, 0.4) is 0 Å². The average Bonchev–Trinajstić information content (AvgIpc) is 2.86. The van der Waals surface area contributed by atoms with Crippen molar-refractivity contribution in [2.45, 2.75) is 32.3 Å². The monoisotopic (exact) mass is 489 g/mol. The van der Waals surface area contributed by atoms with Crippen LogP contribution in [-0.4, -0.2) is 37.7 Å². The highest BCUT2D eigenvalue weighted by atomic mass is 16.6. The van der Waals surface area contributed by atoms with Crippen molar-refractivity contribution in [3.05, 3.63) is 88.4 Å². The number of anilines is 1. The number of hydrogen-bond acceptors (Lipinski definition) is 9. The Labute approximate surface area is 209 Å². The second-order valence-corrected chi connectivity index (χ2v) is 8.88. The summed E-state index contributed by atoms with van der Waals surface area (Å²) in [6, 6.07) is 16.9. The van der Waals surface area contributed by atoms with E-state index in [-0.39, 0.29) is 28.2 Å². The fourth-order valence-electron chi connectivity index (χ4n) is 3.87. The number of benzene rings is 2. The van der Waals surface area contributed by atoms with Gasteiger partial charge >= 0.3 is 17.9 Å². The van der Waals surface area contributed by atoms with E-state index in [2.05, 4.69) is 6.07 Å². The molecule has 3 rings (SSSR count). The summed E-state index contributed by atoms with van der Waals surface area (Å²) in [5.41, 5.74) is 6.69. The molecule has 1 heterocycles. The van der Waals surface area contributed by atoms with Crippen LogP contribution in [0.15, 0.2) is 77.3 Å². The summed E-state index contributed by atoms with van der Waals surface area (Å²) < 4.78 is 15.4. The van der Waals surface area contributed by atoms with Crippen LogP contribution in [0.1, 0.15) is 42.6 Å². The van der Waals surface area contributed by atoms with E-state index in [0.29, 0.717) is 11.3 Å². The van der Waals surface area contributed by atoms with Crippen LogP contribution in [0.2, 0.25) is 0 Å². The number of nitrogens with two attached hydrogens (primary N) is 1. The summed E-state index contributed by atoms with van der Waals surface area (Å²) in [6.45, 7) is 5.27. The zero-order valence-corrected chi connectivity index (χ0v) is 20.7. The molecule has 1 aliphatic rings. The first kappa shape index (κ1) is 26.0. The van der Waals surface area contributed by atoms with Gasteiger partial charge in [0.15, 0.2) is 0 Å². The number of rotatable bonds is 5. The highest BCUT2D eigenvalue weighted by Crippen LogP contribution is 2.43. The summed E-state index contributed by atoms with van der Waals surface area (Å²) in [7, 11) is 2.35. The van der Waals surface area contributed by atoms with Gasteiger partial charge in [-0.1, -0.05) is 30.3 Å². The third-order valence-electron chi connectivity index (χ3n) is 5.37. The van der Waals surface area contributed by atoms with Crippen LogP contribution in [0.4, 0.5) is 5.69 Å². The molecule has 186 valence electrons. The Morgan fingerprint density at radius 2 is 1.50 bits per heavy atom. The Balaban J connectivity index is 2.24. The molecule has 0 amide bonds. The van der Waals surface area contributed by atoms with Crippen LogP contribution in [0, 0.1) is 11.3 Å². The summed E-state index contributed by atoms with van der Waals surface area (Å²) in [5, 5.41) is 10.1. The van der Waals surface area contributed by atoms with Gasteiger partial charge in [-0.15, -0.1) is 0 Å². The first-order valence-corrected chi connectivity index (χ1v) is 11.0. The van der Waals surface area contributed by atoms with Crippen LogP contribution >= 0.6 is 0 Å². The second-order valence-electron chi connectivity index (χ2n) is 8.88. The van der Waals surface area contributed by atoms with Crippen molar-refractivity contribution in [2.75, 3.05) is 19.1 Å². The molecule has 0 fully saturated rings. The quantitative estimate of drug-likeness (QED) is 0.495. The predicted octanol–water partition coefficient (Wildman–Crippen LogP) is 3.54. The number of carbonyl (C=O) groups excluding carboxylic acids is 3. The minimum atomic E-state index is -0.963. The standard InChI is InChI=1S/C27H27N3O6/c1-27(2,3)36-24(31)17-11-13-18(14-12-17)30-22(26(33)35-5)21(25(32)34-4)20(19(15-28)23(30)29)16-9-7-6-8-10-16/h6-14,20H,29H2,1-5H3. The molecule has 1 unspecified atom stereocenters. The maximum Gasteiger partial charge on any atom is 0.355 e. The minimum absolute atomic E-state index is 0.0467. The second kappa shape index (κ2) is 10.4. The fraction of sp³-hybridized carbons (Fsp3) is 0.259. The van der Waals surface area contributed by atoms with Crippen LogP contribution < -0.4 is 10.6 Å². The minimum Gasteiger partial charge on any atom is -0.466 e. The zero-order valence-electron chi connectivity index (χ0n) is 20.7. The zero-order chi connectivity index (χ0) is 26.6. The van der Waals surface area contributed by atoms with Gasteiger partial charge in [0.1, 0.15) is 17.1 Å². The van der Waals surface area contributed by atoms with E-state index in [4.69, 9.17) is 19.9 Å². The first-order valence-electron chi connectivity index (χ1n) is 11.0. The van der Waals surface area contributed by atoms with E-state index >= 15 is 0 Å². The number of nitriles is 1. The van der Waals surface area contributed by atoms with Crippen LogP contribution in [0.5, 0.6) is 0 Å². The van der Waals surface area contributed by atoms with E-state index in [9.17, 15) is 19.6 Å². The molecular formula is C27H27N3O6. The van der Waals surface area contributed by atoms with Crippen molar-refractivity contribution in [3.63, 3.8) is 0 Å². The molecule has 9 heteroatoms. The molecule has 9 nitrogen and oxygen atoms in total. The van der Waals surface area contributed by atoms with Gasteiger partial charge in [0.05, 0.1) is 42.9 Å². The number of nitrogens with zero attached hydrogens (tertiary/aromatic N) is 2. The van der Waals surface area contributed by atoms with Crippen molar-refractivity contribution < 1.29 is 28.6 Å². The van der Waals surface area contributed by atoms with Crippen molar-refractivity contribution in [2.24, 2.45) is 5.73 Å². The highest BCUT2D eigenvalue weighted by molar-refractivity contribution is 6.06. The summed E-state index contributed by atoms with van der Waals surface area (Å²) in [5.74, 6) is -3.23. The molecule has 0 saturated heterocycles. The number of methoxy groups -OCH3 is 2. The van der Waals surface area contributed by atoms with Gasteiger partial charge in [0, 0.05) is 5.69 Å². The first-order chi connectivity index (χ1) is 17.0. The Kier molecular flexibility index (Phi) is 7.49. The lowest BCUT2D eigenvalue weighted by Crippen LogP contribution is -2.40. The normalized spacial score (nSPS) is 15.8. The van der Waals surface area contributed by atoms with Gasteiger partial charge in [-0.2, -0.15) is 5.26 Å². The van der Waals surface area contributed by atoms with Crippen molar-refractivity contribution >= 4 is 23.6 Å². The molecule has 0 bridgehead atoms. The van der Waals surface area contributed by atoms with Gasteiger partial charge in [0.2, 0.25) is 0 Å². The molecule has 2 aromatic rings. The molecule has 0 aromatic heterocycles. The molecule has 0 saturated carbocycles. The molecule has 0 radical (unpaired) electrons. The van der Waals surface area contributed by atoms with Gasteiger partial charge < -0.3 is 19.9 Å². The Bertz CT molecular complexity index is 1280. The number of hydrogen-bond donors (Lipinski definition) is 1. The maximum atomic E-state index is 13.1. The molecule has 0 spiro atoms. The van der Waals surface area contributed by atoms with E-state index in [1.165, 1.54) is 43.4 Å². The third kappa shape index (κ3) is 5.08. The molecule has 0 aliphatic carbocycles. The van der Waals surface area contributed by atoms with E-state index in [0.717, 1.165) is 0 Å². The smallest absolute Gasteiger partial charge is 0.355 e. The highest BCUT2D eigenvalue weighted by Gasteiger charge is 2.43. The largest absolute Gasteiger partial charge is 0.466 e. The van der Waals surface area contributed by atoms with Crippen LogP contribution in [-0.2, 0) is 23.8 Å². The molecule has 1 atom stereocenters. The van der Waals surface area contributed by atoms with Gasteiger partial charge in [-0.3, -0.25) is 4.90 Å². The summed E-state index contributed by atoms with van der Waals surface area (Å²) in [6.07, 6.45) is 0. The Morgan fingerprint density at radius 1 is 0.917 bits per heavy atom. The van der Waals surface area contributed by atoms with E-state index < -0.39 is 29.4 Å². The van der Waals surface area contributed by atoms with Gasteiger partial charge in [0.25, 0.3) is 0 Å². The van der Waals surface area contributed by atoms with Gasteiger partial charge in [-0.25, -0.2) is 14.4 Å².